The molecule has 0 aromatic rings. The number of carboxylic acids is 1. The first-order chi connectivity index (χ1) is 7.22. The van der Waals surface area contributed by atoms with Crippen molar-refractivity contribution < 1.29 is 14.6 Å². The van der Waals surface area contributed by atoms with Crippen LogP contribution in [0.1, 0.15) is 45.4 Å². The molecule has 2 fully saturated rings. The van der Waals surface area contributed by atoms with Gasteiger partial charge in [0.25, 0.3) is 0 Å². The molecule has 1 saturated heterocycles. The van der Waals surface area contributed by atoms with Gasteiger partial charge in [-0.05, 0) is 31.6 Å². The van der Waals surface area contributed by atoms with Crippen LogP contribution in [0.3, 0.4) is 0 Å². The van der Waals surface area contributed by atoms with E-state index in [1.165, 1.54) is 12.8 Å². The topological polar surface area (TPSA) is 46.5 Å². The van der Waals surface area contributed by atoms with Crippen LogP contribution in [-0.4, -0.2) is 23.3 Å². The Kier molecular flexibility index (Phi) is 3.29. The zero-order valence-electron chi connectivity index (χ0n) is 9.32. The lowest BCUT2D eigenvalue weighted by atomic mass is 9.89. The lowest BCUT2D eigenvalue weighted by molar-refractivity contribution is -0.144. The molecule has 15 heavy (non-hydrogen) atoms. The maximum atomic E-state index is 11.2. The molecule has 0 bridgehead atoms. The molecular weight excluding hydrogens is 192 g/mol. The Morgan fingerprint density at radius 1 is 1.40 bits per heavy atom. The van der Waals surface area contributed by atoms with Gasteiger partial charge in [-0.1, -0.05) is 19.8 Å². The molecule has 3 unspecified atom stereocenters. The van der Waals surface area contributed by atoms with Gasteiger partial charge in [-0.15, -0.1) is 0 Å². The van der Waals surface area contributed by atoms with Crippen molar-refractivity contribution in [2.24, 2.45) is 11.8 Å². The summed E-state index contributed by atoms with van der Waals surface area (Å²) in [6.07, 6.45) is 6.63. The Bertz CT molecular complexity index is 233. The molecule has 1 saturated carbocycles. The summed E-state index contributed by atoms with van der Waals surface area (Å²) in [7, 11) is 0. The molecule has 3 nitrogen and oxygen atoms in total. The molecule has 1 heterocycles. The second-order valence-electron chi connectivity index (χ2n) is 4.86. The van der Waals surface area contributed by atoms with Crippen LogP contribution in [0, 0.1) is 11.8 Å². The monoisotopic (exact) mass is 212 g/mol. The number of carboxylic acid groups (broad SMARTS) is 1. The third kappa shape index (κ3) is 2.17. The fourth-order valence-electron chi connectivity index (χ4n) is 3.02. The molecule has 2 aliphatic rings. The van der Waals surface area contributed by atoms with Crippen molar-refractivity contribution in [2.45, 2.75) is 57.7 Å². The SMILES string of the molecule is CCC1CC(C(=O)O)C(C2CCCC2)O1. The predicted octanol–water partition coefficient (Wildman–Crippen LogP) is 2.44. The smallest absolute Gasteiger partial charge is 0.309 e. The maximum absolute atomic E-state index is 11.2. The molecule has 0 amide bonds. The van der Waals surface area contributed by atoms with Gasteiger partial charge in [0.15, 0.2) is 0 Å². The van der Waals surface area contributed by atoms with Crippen molar-refractivity contribution in [3.8, 4) is 0 Å². The van der Waals surface area contributed by atoms with Crippen molar-refractivity contribution in [3.05, 3.63) is 0 Å². The van der Waals surface area contributed by atoms with Crippen LogP contribution >= 0.6 is 0 Å². The highest BCUT2D eigenvalue weighted by Crippen LogP contribution is 2.39. The fourth-order valence-corrected chi connectivity index (χ4v) is 3.02. The summed E-state index contributed by atoms with van der Waals surface area (Å²) < 4.78 is 5.89. The van der Waals surface area contributed by atoms with E-state index in [4.69, 9.17) is 4.74 Å². The molecule has 0 spiro atoms. The first kappa shape index (κ1) is 10.9. The third-order valence-corrected chi connectivity index (χ3v) is 3.90. The number of ether oxygens (including phenoxy) is 1. The summed E-state index contributed by atoms with van der Waals surface area (Å²) >= 11 is 0. The van der Waals surface area contributed by atoms with Gasteiger partial charge in [0, 0.05) is 0 Å². The van der Waals surface area contributed by atoms with Gasteiger partial charge in [0.05, 0.1) is 18.1 Å². The average molecular weight is 212 g/mol. The largest absolute Gasteiger partial charge is 0.481 e. The quantitative estimate of drug-likeness (QED) is 0.781. The van der Waals surface area contributed by atoms with Crippen LogP contribution in [0.15, 0.2) is 0 Å². The normalized spacial score (nSPS) is 37.3. The van der Waals surface area contributed by atoms with Gasteiger partial charge in [0.1, 0.15) is 0 Å². The van der Waals surface area contributed by atoms with Crippen molar-refractivity contribution in [2.75, 3.05) is 0 Å². The molecule has 1 N–H and O–H groups in total. The zero-order valence-corrected chi connectivity index (χ0v) is 9.32. The molecule has 3 atom stereocenters. The number of rotatable bonds is 3. The van der Waals surface area contributed by atoms with E-state index in [2.05, 4.69) is 6.92 Å². The van der Waals surface area contributed by atoms with Crippen molar-refractivity contribution in [3.63, 3.8) is 0 Å². The molecule has 1 aliphatic carbocycles. The van der Waals surface area contributed by atoms with Crippen LogP contribution in [0.2, 0.25) is 0 Å². The molecule has 0 radical (unpaired) electrons. The van der Waals surface area contributed by atoms with Crippen molar-refractivity contribution >= 4 is 5.97 Å². The van der Waals surface area contributed by atoms with Crippen LogP contribution < -0.4 is 0 Å². The Balaban J connectivity index is 2.03. The highest BCUT2D eigenvalue weighted by Gasteiger charge is 2.43. The maximum Gasteiger partial charge on any atom is 0.309 e. The Morgan fingerprint density at radius 3 is 2.60 bits per heavy atom. The van der Waals surface area contributed by atoms with Crippen molar-refractivity contribution in [1.29, 1.82) is 0 Å². The lowest BCUT2D eigenvalue weighted by Gasteiger charge is -2.22. The van der Waals surface area contributed by atoms with Gasteiger partial charge in [0.2, 0.25) is 0 Å². The molecule has 0 aromatic carbocycles. The van der Waals surface area contributed by atoms with E-state index in [1.54, 1.807) is 0 Å². The van der Waals surface area contributed by atoms with Crippen LogP contribution in [0.4, 0.5) is 0 Å². The van der Waals surface area contributed by atoms with E-state index in [1.807, 2.05) is 0 Å². The molecular formula is C12H20O3. The number of carbonyl (C=O) groups is 1. The number of hydrogen-bond acceptors (Lipinski definition) is 2. The van der Waals surface area contributed by atoms with Gasteiger partial charge in [-0.25, -0.2) is 0 Å². The molecule has 3 heteroatoms. The minimum absolute atomic E-state index is 0.00468. The second-order valence-corrected chi connectivity index (χ2v) is 4.86. The highest BCUT2D eigenvalue weighted by atomic mass is 16.5. The van der Waals surface area contributed by atoms with E-state index in [9.17, 15) is 9.90 Å². The summed E-state index contributed by atoms with van der Waals surface area (Å²) in [6.45, 7) is 2.07. The Hall–Kier alpha value is -0.570. The van der Waals surface area contributed by atoms with E-state index >= 15 is 0 Å². The standard InChI is InChI=1S/C12H20O3/c1-2-9-7-10(12(13)14)11(15-9)8-5-3-4-6-8/h8-11H,2-7H2,1H3,(H,13,14). The molecule has 2 rings (SSSR count). The van der Waals surface area contributed by atoms with E-state index in [0.717, 1.165) is 19.3 Å². The minimum atomic E-state index is -0.664. The van der Waals surface area contributed by atoms with E-state index in [-0.39, 0.29) is 18.1 Å². The summed E-state index contributed by atoms with van der Waals surface area (Å²) in [5, 5.41) is 9.18. The Morgan fingerprint density at radius 2 is 2.07 bits per heavy atom. The number of hydrogen-bond donors (Lipinski definition) is 1. The average Bonchev–Trinajstić information content (AvgIpc) is 2.86. The zero-order chi connectivity index (χ0) is 10.8. The van der Waals surface area contributed by atoms with E-state index < -0.39 is 5.97 Å². The summed E-state index contributed by atoms with van der Waals surface area (Å²) in [4.78, 5) is 11.2. The highest BCUT2D eigenvalue weighted by molar-refractivity contribution is 5.71. The molecule has 0 aromatic heterocycles. The van der Waals surface area contributed by atoms with Crippen LogP contribution in [-0.2, 0) is 9.53 Å². The van der Waals surface area contributed by atoms with Gasteiger partial charge >= 0.3 is 5.97 Å². The van der Waals surface area contributed by atoms with Gasteiger partial charge in [-0.2, -0.15) is 0 Å². The van der Waals surface area contributed by atoms with Crippen LogP contribution in [0.5, 0.6) is 0 Å². The lowest BCUT2D eigenvalue weighted by Crippen LogP contribution is -2.30. The number of aliphatic carboxylic acids is 1. The summed E-state index contributed by atoms with van der Waals surface area (Å²) in [5.74, 6) is -0.413. The fraction of sp³-hybridized carbons (Fsp3) is 0.917. The van der Waals surface area contributed by atoms with Gasteiger partial charge < -0.3 is 9.84 Å². The minimum Gasteiger partial charge on any atom is -0.481 e. The van der Waals surface area contributed by atoms with Crippen LogP contribution in [0.25, 0.3) is 0 Å². The van der Waals surface area contributed by atoms with E-state index in [0.29, 0.717) is 12.3 Å². The van der Waals surface area contributed by atoms with Crippen molar-refractivity contribution in [1.82, 2.24) is 0 Å². The summed E-state index contributed by atoms with van der Waals surface area (Å²) in [6, 6.07) is 0. The Labute approximate surface area is 90.8 Å². The molecule has 86 valence electrons. The first-order valence-electron chi connectivity index (χ1n) is 6.10. The predicted molar refractivity (Wildman–Crippen MR) is 56.7 cm³/mol. The van der Waals surface area contributed by atoms with Gasteiger partial charge in [-0.3, -0.25) is 4.79 Å². The summed E-state index contributed by atoms with van der Waals surface area (Å²) in [5.41, 5.74) is 0. The molecule has 1 aliphatic heterocycles. The first-order valence-corrected chi connectivity index (χ1v) is 6.10. The second kappa shape index (κ2) is 4.52. The third-order valence-electron chi connectivity index (χ3n) is 3.90.